The maximum absolute atomic E-state index is 5.18. The molecule has 3 heterocycles. The summed E-state index contributed by atoms with van der Waals surface area (Å²) >= 11 is 0. The summed E-state index contributed by atoms with van der Waals surface area (Å²) in [6, 6.07) is 7.14. The summed E-state index contributed by atoms with van der Waals surface area (Å²) < 4.78 is 2.19. The van der Waals surface area contributed by atoms with E-state index >= 15 is 0 Å². The molecule has 1 aromatic carbocycles. The predicted octanol–water partition coefficient (Wildman–Crippen LogP) is 4.39. The van der Waals surface area contributed by atoms with E-state index in [1.54, 1.807) is 0 Å². The maximum atomic E-state index is 5.18. The third-order valence-electron chi connectivity index (χ3n) is 5.83. The number of fused-ring (bicyclic) bond motifs is 1. The van der Waals surface area contributed by atoms with Gasteiger partial charge >= 0.3 is 0 Å². The Morgan fingerprint density at radius 2 is 2.00 bits per heavy atom. The Kier molecular flexibility index (Phi) is 4.55. The summed E-state index contributed by atoms with van der Waals surface area (Å²) in [6.07, 6.45) is 7.49. The molecule has 4 heteroatoms. The number of piperidine rings is 1. The zero-order chi connectivity index (χ0) is 17.4. The van der Waals surface area contributed by atoms with Crippen molar-refractivity contribution < 1.29 is 0 Å². The summed E-state index contributed by atoms with van der Waals surface area (Å²) in [5.74, 6) is 1.23. The van der Waals surface area contributed by atoms with Gasteiger partial charge in [0.25, 0.3) is 0 Å². The Bertz CT molecular complexity index is 761. The maximum Gasteiger partial charge on any atom is 0.133 e. The molecule has 25 heavy (non-hydrogen) atoms. The van der Waals surface area contributed by atoms with E-state index in [-0.39, 0.29) is 0 Å². The van der Waals surface area contributed by atoms with E-state index in [4.69, 9.17) is 5.10 Å². The lowest BCUT2D eigenvalue weighted by atomic mass is 9.96. The second-order valence-electron chi connectivity index (χ2n) is 7.79. The molecule has 134 valence electrons. The van der Waals surface area contributed by atoms with Crippen LogP contribution in [0.4, 0.5) is 5.82 Å². The average molecular weight is 338 g/mol. The number of nitrogens with one attached hydrogen (secondary N) is 1. The SMILES string of the molecule is Cc1ccc(-n2nc(C3CCCCN3C)c3c2NCCCC3)c(C)c1. The fraction of sp³-hybridized carbons (Fsp3) is 0.571. The van der Waals surface area contributed by atoms with Gasteiger partial charge in [-0.05, 0) is 71.2 Å². The zero-order valence-corrected chi connectivity index (χ0v) is 15.8. The number of likely N-dealkylation sites (tertiary alicyclic amines) is 1. The molecule has 0 amide bonds. The van der Waals surface area contributed by atoms with Crippen molar-refractivity contribution in [2.45, 2.75) is 58.4 Å². The molecule has 1 atom stereocenters. The van der Waals surface area contributed by atoms with E-state index in [9.17, 15) is 0 Å². The van der Waals surface area contributed by atoms with Gasteiger partial charge in [0.05, 0.1) is 17.4 Å². The molecule has 1 N–H and O–H groups in total. The Morgan fingerprint density at radius 3 is 2.80 bits per heavy atom. The fourth-order valence-electron chi connectivity index (χ4n) is 4.43. The highest BCUT2D eigenvalue weighted by Gasteiger charge is 2.30. The van der Waals surface area contributed by atoms with Crippen LogP contribution in [0.25, 0.3) is 5.69 Å². The minimum atomic E-state index is 0.467. The summed E-state index contributed by atoms with van der Waals surface area (Å²) in [6.45, 7) is 6.58. The Morgan fingerprint density at radius 1 is 1.12 bits per heavy atom. The fourth-order valence-corrected chi connectivity index (χ4v) is 4.43. The highest BCUT2D eigenvalue weighted by atomic mass is 15.4. The summed E-state index contributed by atoms with van der Waals surface area (Å²) in [5, 5.41) is 8.87. The minimum Gasteiger partial charge on any atom is -0.370 e. The number of anilines is 1. The summed E-state index contributed by atoms with van der Waals surface area (Å²) in [7, 11) is 2.26. The average Bonchev–Trinajstić information content (AvgIpc) is 2.78. The first-order valence-electron chi connectivity index (χ1n) is 9.78. The van der Waals surface area contributed by atoms with Crippen LogP contribution < -0.4 is 5.32 Å². The molecule has 4 rings (SSSR count). The number of aryl methyl sites for hydroxylation is 2. The van der Waals surface area contributed by atoms with Crippen LogP contribution in [-0.4, -0.2) is 34.8 Å². The van der Waals surface area contributed by atoms with Crippen LogP contribution in [-0.2, 0) is 6.42 Å². The monoisotopic (exact) mass is 338 g/mol. The molecule has 1 fully saturated rings. The van der Waals surface area contributed by atoms with Gasteiger partial charge in [0.15, 0.2) is 0 Å². The van der Waals surface area contributed by atoms with Gasteiger partial charge in [0.2, 0.25) is 0 Å². The first-order valence-corrected chi connectivity index (χ1v) is 9.78. The van der Waals surface area contributed by atoms with Gasteiger partial charge in [-0.25, -0.2) is 4.68 Å². The highest BCUT2D eigenvalue weighted by Crippen LogP contribution is 2.37. The van der Waals surface area contributed by atoms with Crippen molar-refractivity contribution in [3.63, 3.8) is 0 Å². The molecule has 1 unspecified atom stereocenters. The number of benzene rings is 1. The quantitative estimate of drug-likeness (QED) is 0.881. The topological polar surface area (TPSA) is 33.1 Å². The number of aromatic nitrogens is 2. The van der Waals surface area contributed by atoms with E-state index < -0.39 is 0 Å². The smallest absolute Gasteiger partial charge is 0.133 e. The van der Waals surface area contributed by atoms with Crippen LogP contribution in [0.15, 0.2) is 18.2 Å². The molecule has 1 saturated heterocycles. The van der Waals surface area contributed by atoms with Crippen LogP contribution in [0.1, 0.15) is 60.5 Å². The van der Waals surface area contributed by atoms with Crippen LogP contribution in [0.2, 0.25) is 0 Å². The molecule has 2 aliphatic heterocycles. The van der Waals surface area contributed by atoms with Gasteiger partial charge in [-0.2, -0.15) is 5.10 Å². The molecule has 0 saturated carbocycles. The second kappa shape index (κ2) is 6.83. The van der Waals surface area contributed by atoms with E-state index in [0.29, 0.717) is 6.04 Å². The van der Waals surface area contributed by atoms with Crippen molar-refractivity contribution in [2.75, 3.05) is 25.5 Å². The molecule has 0 aliphatic carbocycles. The third-order valence-corrected chi connectivity index (χ3v) is 5.83. The van der Waals surface area contributed by atoms with Crippen molar-refractivity contribution in [3.05, 3.63) is 40.6 Å². The number of rotatable bonds is 2. The Labute approximate surface area is 151 Å². The lowest BCUT2D eigenvalue weighted by Crippen LogP contribution is -2.30. The van der Waals surface area contributed by atoms with Gasteiger partial charge in [0.1, 0.15) is 5.82 Å². The standard InChI is InChI=1S/C21H30N4/c1-15-10-11-18(16(2)14-15)25-21-17(8-4-6-12-22-21)20(23-25)19-9-5-7-13-24(19)3/h10-11,14,19,22H,4-9,12-13H2,1-3H3. The number of hydrogen-bond donors (Lipinski definition) is 1. The van der Waals surface area contributed by atoms with Crippen molar-refractivity contribution in [1.29, 1.82) is 0 Å². The molecular weight excluding hydrogens is 308 g/mol. The number of hydrogen-bond acceptors (Lipinski definition) is 3. The zero-order valence-electron chi connectivity index (χ0n) is 15.8. The molecule has 2 aliphatic rings. The Balaban J connectivity index is 1.84. The first-order chi connectivity index (χ1) is 12.1. The van der Waals surface area contributed by atoms with E-state index in [0.717, 1.165) is 13.0 Å². The van der Waals surface area contributed by atoms with Gasteiger partial charge in [0, 0.05) is 12.1 Å². The Hall–Kier alpha value is -1.81. The van der Waals surface area contributed by atoms with Crippen molar-refractivity contribution in [3.8, 4) is 5.69 Å². The molecule has 0 radical (unpaired) electrons. The minimum absolute atomic E-state index is 0.467. The molecule has 4 nitrogen and oxygen atoms in total. The van der Waals surface area contributed by atoms with E-state index in [1.165, 1.54) is 72.5 Å². The lowest BCUT2D eigenvalue weighted by molar-refractivity contribution is 0.182. The molecule has 2 aromatic rings. The van der Waals surface area contributed by atoms with Crippen LogP contribution in [0.3, 0.4) is 0 Å². The van der Waals surface area contributed by atoms with E-state index in [2.05, 4.69) is 54.0 Å². The predicted molar refractivity (Wildman–Crippen MR) is 104 cm³/mol. The third kappa shape index (κ3) is 3.08. The van der Waals surface area contributed by atoms with Crippen molar-refractivity contribution in [2.24, 2.45) is 0 Å². The van der Waals surface area contributed by atoms with E-state index in [1.807, 2.05) is 0 Å². The van der Waals surface area contributed by atoms with Gasteiger partial charge < -0.3 is 5.32 Å². The second-order valence-corrected chi connectivity index (χ2v) is 7.79. The normalized spacial score (nSPS) is 21.5. The van der Waals surface area contributed by atoms with Gasteiger partial charge in [-0.3, -0.25) is 4.90 Å². The lowest BCUT2D eigenvalue weighted by Gasteiger charge is -2.31. The van der Waals surface area contributed by atoms with Gasteiger partial charge in [-0.1, -0.05) is 24.1 Å². The number of nitrogens with zero attached hydrogens (tertiary/aromatic N) is 3. The van der Waals surface area contributed by atoms with Crippen molar-refractivity contribution in [1.82, 2.24) is 14.7 Å². The molecule has 0 bridgehead atoms. The van der Waals surface area contributed by atoms with Crippen LogP contribution >= 0.6 is 0 Å². The summed E-state index contributed by atoms with van der Waals surface area (Å²) in [4.78, 5) is 2.50. The van der Waals surface area contributed by atoms with Crippen LogP contribution in [0, 0.1) is 13.8 Å². The first kappa shape index (κ1) is 16.6. The molecule has 1 aromatic heterocycles. The largest absolute Gasteiger partial charge is 0.370 e. The molecule has 0 spiro atoms. The highest BCUT2D eigenvalue weighted by molar-refractivity contribution is 5.57. The van der Waals surface area contributed by atoms with Crippen molar-refractivity contribution >= 4 is 5.82 Å². The molecular formula is C21H30N4. The van der Waals surface area contributed by atoms with Crippen LogP contribution in [0.5, 0.6) is 0 Å². The van der Waals surface area contributed by atoms with Gasteiger partial charge in [-0.15, -0.1) is 0 Å². The summed E-state index contributed by atoms with van der Waals surface area (Å²) in [5.41, 5.74) is 6.57.